The maximum Gasteiger partial charge on any atom is 0.261 e. The number of imide groups is 1. The molecular weight excluding hydrogens is 398 g/mol. The highest BCUT2D eigenvalue weighted by Crippen LogP contribution is 2.24. The van der Waals surface area contributed by atoms with Crippen LogP contribution in [-0.2, 0) is 16.0 Å². The molecule has 4 amide bonds. The van der Waals surface area contributed by atoms with Crippen LogP contribution in [0.1, 0.15) is 50.0 Å². The maximum absolute atomic E-state index is 12.6. The summed E-state index contributed by atoms with van der Waals surface area (Å²) in [6.45, 7) is 2.46. The summed E-state index contributed by atoms with van der Waals surface area (Å²) in [7, 11) is 1.55. The Morgan fingerprint density at radius 3 is 2.52 bits per heavy atom. The van der Waals surface area contributed by atoms with E-state index in [1.165, 1.54) is 18.2 Å². The Labute approximate surface area is 180 Å². The Bertz CT molecular complexity index is 1020. The molecule has 0 saturated carbocycles. The van der Waals surface area contributed by atoms with Gasteiger partial charge in [0, 0.05) is 31.5 Å². The topological polar surface area (TPSA) is 105 Å². The monoisotopic (exact) mass is 423 g/mol. The standard InChI is InChI=1S/C23H25N3O5/c1-3-15-7-4-5-8-19(15)25-20(27)14-24-21(28)16-9-10-17-18(13-16)23(30)26(22(17)29)11-6-12-31-2/h4-5,7-10,13H,3,6,11-12,14H2,1-2H3,(H,24,28)(H,25,27). The van der Waals surface area contributed by atoms with Gasteiger partial charge in [-0.25, -0.2) is 0 Å². The van der Waals surface area contributed by atoms with Gasteiger partial charge < -0.3 is 15.4 Å². The van der Waals surface area contributed by atoms with Crippen molar-refractivity contribution in [3.8, 4) is 0 Å². The first-order chi connectivity index (χ1) is 15.0. The maximum atomic E-state index is 12.6. The minimum absolute atomic E-state index is 0.191. The Morgan fingerprint density at radius 1 is 1.03 bits per heavy atom. The molecule has 2 aromatic rings. The molecule has 31 heavy (non-hydrogen) atoms. The summed E-state index contributed by atoms with van der Waals surface area (Å²) in [5.74, 6) is -1.66. The van der Waals surface area contributed by atoms with E-state index in [0.29, 0.717) is 18.7 Å². The van der Waals surface area contributed by atoms with E-state index in [1.54, 1.807) is 13.2 Å². The summed E-state index contributed by atoms with van der Waals surface area (Å²) in [6.07, 6.45) is 1.30. The number of aryl methyl sites for hydroxylation is 1. The number of benzene rings is 2. The van der Waals surface area contributed by atoms with Crippen LogP contribution in [-0.4, -0.2) is 55.3 Å². The zero-order chi connectivity index (χ0) is 22.4. The second kappa shape index (κ2) is 9.99. The van der Waals surface area contributed by atoms with Crippen LogP contribution in [0.4, 0.5) is 5.69 Å². The van der Waals surface area contributed by atoms with Crippen molar-refractivity contribution in [2.45, 2.75) is 19.8 Å². The normalized spacial score (nSPS) is 12.6. The number of carbonyl (C=O) groups excluding carboxylic acids is 4. The molecule has 0 unspecified atom stereocenters. The summed E-state index contributed by atoms with van der Waals surface area (Å²) in [5.41, 5.74) is 2.38. The highest BCUT2D eigenvalue weighted by molar-refractivity contribution is 6.22. The zero-order valence-corrected chi connectivity index (χ0v) is 17.6. The molecule has 0 bridgehead atoms. The number of para-hydroxylation sites is 1. The van der Waals surface area contributed by atoms with Crippen LogP contribution >= 0.6 is 0 Å². The van der Waals surface area contributed by atoms with Crippen LogP contribution in [0.2, 0.25) is 0 Å². The first-order valence-corrected chi connectivity index (χ1v) is 10.1. The van der Waals surface area contributed by atoms with Crippen molar-refractivity contribution in [2.24, 2.45) is 0 Å². The number of hydrogen-bond donors (Lipinski definition) is 2. The summed E-state index contributed by atoms with van der Waals surface area (Å²) in [5, 5.41) is 5.33. The van der Waals surface area contributed by atoms with Gasteiger partial charge in [-0.2, -0.15) is 0 Å². The molecule has 8 heteroatoms. The first-order valence-electron chi connectivity index (χ1n) is 10.1. The summed E-state index contributed by atoms with van der Waals surface area (Å²) >= 11 is 0. The van der Waals surface area contributed by atoms with Crippen molar-refractivity contribution in [3.05, 3.63) is 64.7 Å². The Hall–Kier alpha value is -3.52. The fourth-order valence-electron chi connectivity index (χ4n) is 3.41. The first kappa shape index (κ1) is 22.2. The van der Waals surface area contributed by atoms with E-state index >= 15 is 0 Å². The molecule has 162 valence electrons. The van der Waals surface area contributed by atoms with Gasteiger partial charge >= 0.3 is 0 Å². The third-order valence-electron chi connectivity index (χ3n) is 5.04. The molecule has 1 aliphatic rings. The number of nitrogens with zero attached hydrogens (tertiary/aromatic N) is 1. The molecule has 8 nitrogen and oxygen atoms in total. The Balaban J connectivity index is 1.62. The third kappa shape index (κ3) is 4.97. The van der Waals surface area contributed by atoms with E-state index < -0.39 is 11.8 Å². The van der Waals surface area contributed by atoms with Crippen LogP contribution in [0, 0.1) is 0 Å². The summed E-state index contributed by atoms with van der Waals surface area (Å²) < 4.78 is 4.96. The third-order valence-corrected chi connectivity index (χ3v) is 5.04. The molecule has 2 aromatic carbocycles. The molecule has 0 aromatic heterocycles. The minimum Gasteiger partial charge on any atom is -0.385 e. The molecule has 0 radical (unpaired) electrons. The van der Waals surface area contributed by atoms with Gasteiger partial charge in [0.25, 0.3) is 17.7 Å². The second-order valence-corrected chi connectivity index (χ2v) is 7.11. The number of carbonyl (C=O) groups is 4. The van der Waals surface area contributed by atoms with Gasteiger partial charge in [0.05, 0.1) is 17.7 Å². The fourth-order valence-corrected chi connectivity index (χ4v) is 3.41. The molecule has 0 spiro atoms. The lowest BCUT2D eigenvalue weighted by Crippen LogP contribution is -2.33. The lowest BCUT2D eigenvalue weighted by molar-refractivity contribution is -0.115. The van der Waals surface area contributed by atoms with Crippen molar-refractivity contribution in [3.63, 3.8) is 0 Å². The summed E-state index contributed by atoms with van der Waals surface area (Å²) in [6, 6.07) is 11.8. The predicted octanol–water partition coefficient (Wildman–Crippen LogP) is 2.25. The quantitative estimate of drug-likeness (QED) is 0.475. The van der Waals surface area contributed by atoms with Gasteiger partial charge in [0.2, 0.25) is 5.91 Å². The van der Waals surface area contributed by atoms with E-state index in [-0.39, 0.29) is 41.6 Å². The highest BCUT2D eigenvalue weighted by atomic mass is 16.5. The highest BCUT2D eigenvalue weighted by Gasteiger charge is 2.35. The molecule has 0 fully saturated rings. The molecule has 1 aliphatic heterocycles. The van der Waals surface area contributed by atoms with E-state index in [2.05, 4.69) is 10.6 Å². The van der Waals surface area contributed by atoms with Crippen LogP contribution < -0.4 is 10.6 Å². The predicted molar refractivity (Wildman–Crippen MR) is 115 cm³/mol. The molecule has 1 heterocycles. The Morgan fingerprint density at radius 2 is 1.77 bits per heavy atom. The van der Waals surface area contributed by atoms with Gasteiger partial charge in [0.1, 0.15) is 0 Å². The van der Waals surface area contributed by atoms with Gasteiger partial charge in [-0.05, 0) is 42.7 Å². The molecular formula is C23H25N3O5. The number of ether oxygens (including phenoxy) is 1. The molecule has 0 aliphatic carbocycles. The molecule has 0 saturated heterocycles. The van der Waals surface area contributed by atoms with Crippen molar-refractivity contribution in [1.82, 2.24) is 10.2 Å². The Kier molecular flexibility index (Phi) is 7.15. The average molecular weight is 423 g/mol. The number of nitrogens with one attached hydrogen (secondary N) is 2. The van der Waals surface area contributed by atoms with Crippen LogP contribution in [0.15, 0.2) is 42.5 Å². The van der Waals surface area contributed by atoms with Crippen molar-refractivity contribution < 1.29 is 23.9 Å². The number of rotatable bonds is 9. The SMILES string of the molecule is CCc1ccccc1NC(=O)CNC(=O)c1ccc2c(c1)C(=O)N(CCCOC)C2=O. The average Bonchev–Trinajstić information content (AvgIpc) is 3.02. The largest absolute Gasteiger partial charge is 0.385 e. The van der Waals surface area contributed by atoms with Gasteiger partial charge in [-0.1, -0.05) is 25.1 Å². The van der Waals surface area contributed by atoms with Crippen LogP contribution in [0.3, 0.4) is 0 Å². The van der Waals surface area contributed by atoms with Gasteiger partial charge in [-0.15, -0.1) is 0 Å². The fraction of sp³-hybridized carbons (Fsp3) is 0.304. The van der Waals surface area contributed by atoms with Crippen molar-refractivity contribution in [2.75, 3.05) is 32.1 Å². The molecule has 3 rings (SSSR count). The number of anilines is 1. The van der Waals surface area contributed by atoms with Crippen molar-refractivity contribution in [1.29, 1.82) is 0 Å². The van der Waals surface area contributed by atoms with E-state index in [0.717, 1.165) is 16.9 Å². The van der Waals surface area contributed by atoms with E-state index in [4.69, 9.17) is 4.74 Å². The molecule has 2 N–H and O–H groups in total. The van der Waals surface area contributed by atoms with Gasteiger partial charge in [0.15, 0.2) is 0 Å². The number of methoxy groups -OCH3 is 1. The van der Waals surface area contributed by atoms with E-state index in [1.807, 2.05) is 25.1 Å². The van der Waals surface area contributed by atoms with Gasteiger partial charge in [-0.3, -0.25) is 24.1 Å². The summed E-state index contributed by atoms with van der Waals surface area (Å²) in [4.78, 5) is 50.9. The van der Waals surface area contributed by atoms with Crippen molar-refractivity contribution >= 4 is 29.3 Å². The van der Waals surface area contributed by atoms with Crippen LogP contribution in [0.5, 0.6) is 0 Å². The van der Waals surface area contributed by atoms with E-state index in [9.17, 15) is 19.2 Å². The van der Waals surface area contributed by atoms with Crippen LogP contribution in [0.25, 0.3) is 0 Å². The minimum atomic E-state index is -0.500. The number of fused-ring (bicyclic) bond motifs is 1. The number of hydrogen-bond acceptors (Lipinski definition) is 5. The lowest BCUT2D eigenvalue weighted by Gasteiger charge is -2.12. The zero-order valence-electron chi connectivity index (χ0n) is 17.6. The molecule has 0 atom stereocenters. The smallest absolute Gasteiger partial charge is 0.261 e. The lowest BCUT2D eigenvalue weighted by atomic mass is 10.1. The number of amides is 4. The second-order valence-electron chi connectivity index (χ2n) is 7.11.